The number of carbonyl (C=O) groups excluding carboxylic acids is 3. The van der Waals surface area contributed by atoms with E-state index in [-0.39, 0.29) is 32.0 Å². The van der Waals surface area contributed by atoms with E-state index in [1.165, 1.54) is 7.11 Å². The molecule has 6 heteroatoms. The Balaban J connectivity index is 1.64. The number of allylic oxidation sites excluding steroid dienone is 3. The molecule has 6 nitrogen and oxygen atoms in total. The van der Waals surface area contributed by atoms with Gasteiger partial charge in [-0.05, 0) is 55.4 Å². The first-order valence-corrected chi connectivity index (χ1v) is 11.7. The fourth-order valence-corrected chi connectivity index (χ4v) is 4.96. The molecule has 1 fully saturated rings. The predicted molar refractivity (Wildman–Crippen MR) is 130 cm³/mol. The molecular formula is C29H30O6. The molecule has 2 aromatic carbocycles. The normalized spacial score (nSPS) is 18.7. The second kappa shape index (κ2) is 10.3. The average Bonchev–Trinajstić information content (AvgIpc) is 3.32. The molecule has 2 aliphatic rings. The van der Waals surface area contributed by atoms with E-state index in [0.717, 1.165) is 33.4 Å². The largest absolute Gasteiger partial charge is 0.469 e. The molecule has 1 atom stereocenters. The molecule has 1 saturated carbocycles. The van der Waals surface area contributed by atoms with Crippen LogP contribution in [0.15, 0.2) is 83.0 Å². The minimum Gasteiger partial charge on any atom is -0.469 e. The Kier molecular flexibility index (Phi) is 7.20. The Morgan fingerprint density at radius 1 is 0.800 bits per heavy atom. The molecule has 182 valence electrons. The number of fused-ring (bicyclic) bond motifs is 1. The molecule has 0 bridgehead atoms. The summed E-state index contributed by atoms with van der Waals surface area (Å²) in [5, 5.41) is 0. The number of ether oxygens (including phenoxy) is 3. The molecular weight excluding hydrogens is 444 g/mol. The van der Waals surface area contributed by atoms with Gasteiger partial charge in [0.05, 0.1) is 13.0 Å². The summed E-state index contributed by atoms with van der Waals surface area (Å²) in [7, 11) is 1.37. The van der Waals surface area contributed by atoms with Gasteiger partial charge in [-0.2, -0.15) is 0 Å². The van der Waals surface area contributed by atoms with Crippen molar-refractivity contribution < 1.29 is 28.6 Å². The summed E-state index contributed by atoms with van der Waals surface area (Å²) in [6, 6.07) is 18.7. The van der Waals surface area contributed by atoms with Crippen LogP contribution in [0.3, 0.4) is 0 Å². The van der Waals surface area contributed by atoms with E-state index in [1.807, 2.05) is 74.5 Å². The van der Waals surface area contributed by atoms with Crippen LogP contribution in [0.25, 0.3) is 0 Å². The number of rotatable bonds is 7. The van der Waals surface area contributed by atoms with Crippen molar-refractivity contribution in [3.05, 3.63) is 94.1 Å². The minimum absolute atomic E-state index is 0.0637. The second-order valence-electron chi connectivity index (χ2n) is 9.26. The van der Waals surface area contributed by atoms with Gasteiger partial charge in [-0.1, -0.05) is 71.8 Å². The third-order valence-corrected chi connectivity index (χ3v) is 7.04. The lowest BCUT2D eigenvalue weighted by Crippen LogP contribution is -2.39. The zero-order valence-corrected chi connectivity index (χ0v) is 20.3. The molecule has 0 aliphatic heterocycles. The summed E-state index contributed by atoms with van der Waals surface area (Å²) >= 11 is 0. The molecule has 4 rings (SSSR count). The average molecular weight is 475 g/mol. The fraction of sp³-hybridized carbons (Fsp3) is 0.345. The van der Waals surface area contributed by atoms with Gasteiger partial charge in [0.25, 0.3) is 0 Å². The van der Waals surface area contributed by atoms with Crippen LogP contribution < -0.4 is 0 Å². The molecule has 0 unspecified atom stereocenters. The lowest BCUT2D eigenvalue weighted by Gasteiger charge is -2.25. The van der Waals surface area contributed by atoms with E-state index in [4.69, 9.17) is 14.2 Å². The number of methoxy groups -OCH3 is 1. The van der Waals surface area contributed by atoms with E-state index in [0.29, 0.717) is 6.42 Å². The molecule has 0 saturated heterocycles. The monoisotopic (exact) mass is 474 g/mol. The third kappa shape index (κ3) is 4.92. The summed E-state index contributed by atoms with van der Waals surface area (Å²) in [6.45, 7) is 3.95. The first kappa shape index (κ1) is 24.5. The van der Waals surface area contributed by atoms with Crippen LogP contribution in [0.5, 0.6) is 0 Å². The number of benzene rings is 2. The fourth-order valence-electron chi connectivity index (χ4n) is 4.96. The Labute approximate surface area is 205 Å². The maximum Gasteiger partial charge on any atom is 0.324 e. The number of hydrogen-bond acceptors (Lipinski definition) is 6. The van der Waals surface area contributed by atoms with Gasteiger partial charge in [-0.25, -0.2) is 0 Å². The van der Waals surface area contributed by atoms with E-state index in [1.54, 1.807) is 0 Å². The van der Waals surface area contributed by atoms with E-state index in [9.17, 15) is 14.4 Å². The summed E-state index contributed by atoms with van der Waals surface area (Å²) in [4.78, 5) is 39.5. The van der Waals surface area contributed by atoms with Crippen LogP contribution in [-0.2, 0) is 41.8 Å². The molecule has 0 spiro atoms. The highest BCUT2D eigenvalue weighted by molar-refractivity contribution is 6.02. The Hall–Kier alpha value is -3.67. The van der Waals surface area contributed by atoms with Crippen molar-refractivity contribution in [2.75, 3.05) is 7.11 Å². The third-order valence-electron chi connectivity index (χ3n) is 7.04. The maximum atomic E-state index is 13.6. The van der Waals surface area contributed by atoms with Crippen LogP contribution >= 0.6 is 0 Å². The number of carbonyl (C=O) groups is 3. The van der Waals surface area contributed by atoms with Gasteiger partial charge in [-0.15, -0.1) is 0 Å². The predicted octanol–water partition coefficient (Wildman–Crippen LogP) is 5.08. The van der Waals surface area contributed by atoms with E-state index >= 15 is 0 Å². The van der Waals surface area contributed by atoms with Crippen molar-refractivity contribution in [2.24, 2.45) is 11.3 Å². The Morgan fingerprint density at radius 3 is 1.77 bits per heavy atom. The maximum absolute atomic E-state index is 13.6. The summed E-state index contributed by atoms with van der Waals surface area (Å²) in [5.74, 6) is -1.95. The van der Waals surface area contributed by atoms with Gasteiger partial charge in [0.15, 0.2) is 5.41 Å². The lowest BCUT2D eigenvalue weighted by atomic mass is 9.81. The van der Waals surface area contributed by atoms with Gasteiger partial charge in [0.2, 0.25) is 0 Å². The van der Waals surface area contributed by atoms with Crippen LogP contribution in [0.2, 0.25) is 0 Å². The van der Waals surface area contributed by atoms with Crippen molar-refractivity contribution in [3.63, 3.8) is 0 Å². The smallest absolute Gasteiger partial charge is 0.324 e. The van der Waals surface area contributed by atoms with Gasteiger partial charge in [0, 0.05) is 0 Å². The van der Waals surface area contributed by atoms with Crippen LogP contribution in [-0.4, -0.2) is 25.0 Å². The highest BCUT2D eigenvalue weighted by atomic mass is 16.6. The van der Waals surface area contributed by atoms with Crippen LogP contribution in [0, 0.1) is 11.3 Å². The SMILES string of the molecule is COC(=O)[C@H]1CC(C)=C2CC(C(=O)OCc3ccccc3)(C(=O)OCc3ccccc3)CC2=C1C. The van der Waals surface area contributed by atoms with E-state index < -0.39 is 23.3 Å². The molecule has 0 radical (unpaired) electrons. The highest BCUT2D eigenvalue weighted by Crippen LogP contribution is 2.53. The quantitative estimate of drug-likeness (QED) is 0.316. The van der Waals surface area contributed by atoms with E-state index in [2.05, 4.69) is 0 Å². The van der Waals surface area contributed by atoms with Gasteiger partial charge in [-0.3, -0.25) is 14.4 Å². The zero-order chi connectivity index (χ0) is 25.0. The van der Waals surface area contributed by atoms with Crippen LogP contribution in [0.1, 0.15) is 44.2 Å². The zero-order valence-electron chi connectivity index (χ0n) is 20.3. The number of hydrogen-bond donors (Lipinski definition) is 0. The Bertz CT molecular complexity index is 1120. The first-order chi connectivity index (χ1) is 16.9. The molecule has 2 aliphatic carbocycles. The summed E-state index contributed by atoms with van der Waals surface area (Å²) in [6.07, 6.45) is 0.840. The lowest BCUT2D eigenvalue weighted by molar-refractivity contribution is -0.173. The van der Waals surface area contributed by atoms with Crippen molar-refractivity contribution >= 4 is 17.9 Å². The summed E-state index contributed by atoms with van der Waals surface area (Å²) < 4.78 is 16.4. The first-order valence-electron chi connectivity index (χ1n) is 11.7. The van der Waals surface area contributed by atoms with Gasteiger partial charge in [0.1, 0.15) is 13.2 Å². The molecule has 0 heterocycles. The minimum atomic E-state index is -1.50. The molecule has 0 amide bonds. The molecule has 0 aromatic heterocycles. The van der Waals surface area contributed by atoms with Crippen molar-refractivity contribution in [3.8, 4) is 0 Å². The van der Waals surface area contributed by atoms with Crippen LogP contribution in [0.4, 0.5) is 0 Å². The topological polar surface area (TPSA) is 78.9 Å². The standard InChI is InChI=1S/C29H30O6/c1-19-14-23(26(30)33-3)20(2)25-16-29(15-24(19)25,27(31)34-17-21-10-6-4-7-11-21)28(32)35-18-22-12-8-5-9-13-22/h4-13,23H,14-18H2,1-3H3/t23-/m0/s1. The van der Waals surface area contributed by atoms with Crippen molar-refractivity contribution in [2.45, 2.75) is 46.3 Å². The number of esters is 3. The highest BCUT2D eigenvalue weighted by Gasteiger charge is 2.56. The second-order valence-corrected chi connectivity index (χ2v) is 9.26. The van der Waals surface area contributed by atoms with Crippen molar-refractivity contribution in [1.82, 2.24) is 0 Å². The molecule has 35 heavy (non-hydrogen) atoms. The van der Waals surface area contributed by atoms with Crippen molar-refractivity contribution in [1.29, 1.82) is 0 Å². The van der Waals surface area contributed by atoms with Gasteiger partial charge < -0.3 is 14.2 Å². The summed E-state index contributed by atoms with van der Waals surface area (Å²) in [5.41, 5.74) is 3.79. The Morgan fingerprint density at radius 2 is 1.29 bits per heavy atom. The van der Waals surface area contributed by atoms with Gasteiger partial charge >= 0.3 is 17.9 Å². The molecule has 0 N–H and O–H groups in total. The molecule has 2 aromatic rings.